The fraction of sp³-hybridized carbons (Fsp3) is 0.379. The van der Waals surface area contributed by atoms with Crippen LogP contribution < -0.4 is 15.2 Å². The monoisotopic (exact) mass is 555 g/mol. The molecular weight excluding hydrogens is 525 g/mol. The van der Waals surface area contributed by atoms with Gasteiger partial charge < -0.3 is 24.8 Å². The van der Waals surface area contributed by atoms with E-state index in [1.165, 1.54) is 0 Å². The van der Waals surface area contributed by atoms with E-state index in [2.05, 4.69) is 19.9 Å². The van der Waals surface area contributed by atoms with Gasteiger partial charge in [0.05, 0.1) is 41.3 Å². The number of halogens is 2. The Morgan fingerprint density at radius 2 is 1.87 bits per heavy atom. The smallest absolute Gasteiger partial charge is 0.162 e. The molecule has 0 amide bonds. The molecule has 0 spiro atoms. The van der Waals surface area contributed by atoms with Crippen LogP contribution in [0.25, 0.3) is 0 Å². The lowest BCUT2D eigenvalue weighted by Gasteiger charge is -2.43. The molecule has 38 heavy (non-hydrogen) atoms. The van der Waals surface area contributed by atoms with Crippen LogP contribution in [0.4, 0.5) is 0 Å². The third-order valence-electron chi connectivity index (χ3n) is 6.91. The van der Waals surface area contributed by atoms with E-state index in [0.29, 0.717) is 64.5 Å². The van der Waals surface area contributed by atoms with Crippen molar-refractivity contribution in [2.75, 3.05) is 27.4 Å². The normalized spacial score (nSPS) is 18.8. The molecule has 7 nitrogen and oxygen atoms in total. The lowest BCUT2D eigenvalue weighted by molar-refractivity contribution is -0.118. The van der Waals surface area contributed by atoms with Gasteiger partial charge in [-0.3, -0.25) is 4.79 Å². The molecule has 9 heteroatoms. The zero-order chi connectivity index (χ0) is 27.6. The Morgan fingerprint density at radius 1 is 1.11 bits per heavy atom. The zero-order valence-electron chi connectivity index (χ0n) is 21.9. The molecule has 0 aromatic heterocycles. The molecule has 1 aliphatic heterocycles. The third-order valence-corrected chi connectivity index (χ3v) is 7.64. The van der Waals surface area contributed by atoms with Gasteiger partial charge in [0.15, 0.2) is 17.3 Å². The number of hydrogen-bond acceptors (Lipinski definition) is 7. The van der Waals surface area contributed by atoms with E-state index in [1.807, 2.05) is 23.1 Å². The number of methoxy groups -OCH3 is 2. The minimum absolute atomic E-state index is 0.0165. The summed E-state index contributed by atoms with van der Waals surface area (Å²) in [6.07, 6.45) is 1.05. The van der Waals surface area contributed by atoms with E-state index in [9.17, 15) is 10.1 Å². The number of nitrogens with two attached hydrogens (primary N) is 1. The van der Waals surface area contributed by atoms with E-state index < -0.39 is 5.92 Å². The first-order chi connectivity index (χ1) is 18.1. The first kappa shape index (κ1) is 27.8. The van der Waals surface area contributed by atoms with Crippen LogP contribution in [0.5, 0.6) is 11.5 Å². The maximum atomic E-state index is 13.6. The Hall–Kier alpha value is -3.18. The van der Waals surface area contributed by atoms with Gasteiger partial charge in [0, 0.05) is 31.3 Å². The van der Waals surface area contributed by atoms with Crippen LogP contribution in [0.1, 0.15) is 43.7 Å². The number of hydrogen-bond donors (Lipinski definition) is 1. The highest BCUT2D eigenvalue weighted by molar-refractivity contribution is 6.42. The van der Waals surface area contributed by atoms with Crippen molar-refractivity contribution in [2.24, 2.45) is 11.1 Å². The Bertz CT molecular complexity index is 1360. The van der Waals surface area contributed by atoms with E-state index in [1.54, 1.807) is 32.4 Å². The molecule has 2 aliphatic rings. The maximum Gasteiger partial charge on any atom is 0.162 e. The van der Waals surface area contributed by atoms with Gasteiger partial charge in [-0.05, 0) is 47.2 Å². The first-order valence-electron chi connectivity index (χ1n) is 12.3. The Balaban J connectivity index is 1.74. The number of rotatable bonds is 8. The van der Waals surface area contributed by atoms with Crippen molar-refractivity contribution in [1.82, 2.24) is 4.90 Å². The van der Waals surface area contributed by atoms with Gasteiger partial charge in [0.25, 0.3) is 0 Å². The van der Waals surface area contributed by atoms with Gasteiger partial charge in [0.2, 0.25) is 0 Å². The van der Waals surface area contributed by atoms with Crippen LogP contribution in [0, 0.1) is 16.7 Å². The predicted molar refractivity (Wildman–Crippen MR) is 147 cm³/mol. The quantitative estimate of drug-likeness (QED) is 0.428. The lowest BCUT2D eigenvalue weighted by Crippen LogP contribution is -2.43. The Kier molecular flexibility index (Phi) is 8.27. The van der Waals surface area contributed by atoms with Gasteiger partial charge in [-0.2, -0.15) is 5.26 Å². The molecule has 1 heterocycles. The molecule has 0 unspecified atom stereocenters. The second-order valence-electron chi connectivity index (χ2n) is 10.2. The zero-order valence-corrected chi connectivity index (χ0v) is 23.4. The molecule has 200 valence electrons. The molecule has 2 aromatic carbocycles. The summed E-state index contributed by atoms with van der Waals surface area (Å²) in [4.78, 5) is 15.5. The molecular formula is C29H31Cl2N3O4. The molecule has 0 fully saturated rings. The second kappa shape index (κ2) is 11.3. The van der Waals surface area contributed by atoms with Gasteiger partial charge >= 0.3 is 0 Å². The third kappa shape index (κ3) is 5.49. The van der Waals surface area contributed by atoms with E-state index in [4.69, 9.17) is 43.1 Å². The molecule has 0 radical (unpaired) electrons. The minimum Gasteiger partial charge on any atom is -0.493 e. The molecule has 0 saturated carbocycles. The average Bonchev–Trinajstić information content (AvgIpc) is 2.87. The van der Waals surface area contributed by atoms with Crippen molar-refractivity contribution in [2.45, 2.75) is 39.2 Å². The molecule has 2 aromatic rings. The first-order valence-corrected chi connectivity index (χ1v) is 13.0. The van der Waals surface area contributed by atoms with Crippen molar-refractivity contribution in [3.63, 3.8) is 0 Å². The maximum absolute atomic E-state index is 13.6. The highest BCUT2D eigenvalue weighted by Gasteiger charge is 2.44. The summed E-state index contributed by atoms with van der Waals surface area (Å²) in [5, 5.41) is 11.1. The van der Waals surface area contributed by atoms with E-state index in [0.717, 1.165) is 16.8 Å². The minimum atomic E-state index is -0.601. The number of nitriles is 1. The van der Waals surface area contributed by atoms with E-state index >= 15 is 0 Å². The van der Waals surface area contributed by atoms with Crippen molar-refractivity contribution in [1.29, 1.82) is 5.26 Å². The fourth-order valence-electron chi connectivity index (χ4n) is 5.12. The summed E-state index contributed by atoms with van der Waals surface area (Å²) in [7, 11) is 3.16. The fourth-order valence-corrected chi connectivity index (χ4v) is 5.44. The molecule has 1 aliphatic carbocycles. The van der Waals surface area contributed by atoms with Gasteiger partial charge in [0.1, 0.15) is 12.4 Å². The highest BCUT2D eigenvalue weighted by Crippen LogP contribution is 2.49. The molecule has 2 N–H and O–H groups in total. The summed E-state index contributed by atoms with van der Waals surface area (Å²) in [6, 6.07) is 13.0. The number of benzene rings is 2. The van der Waals surface area contributed by atoms with Gasteiger partial charge in [-0.15, -0.1) is 0 Å². The molecule has 0 bridgehead atoms. The lowest BCUT2D eigenvalue weighted by atomic mass is 9.68. The number of nitrogens with zero attached hydrogens (tertiary/aromatic N) is 2. The van der Waals surface area contributed by atoms with Crippen molar-refractivity contribution >= 4 is 29.0 Å². The number of allylic oxidation sites excluding steroid dienone is 3. The topological polar surface area (TPSA) is 97.8 Å². The van der Waals surface area contributed by atoms with Gasteiger partial charge in [-0.25, -0.2) is 0 Å². The van der Waals surface area contributed by atoms with Gasteiger partial charge in [-0.1, -0.05) is 49.2 Å². The van der Waals surface area contributed by atoms with Crippen LogP contribution in [0.2, 0.25) is 10.0 Å². The summed E-state index contributed by atoms with van der Waals surface area (Å²) < 4.78 is 16.9. The molecule has 4 rings (SSSR count). The SMILES string of the molecule is COCCN1C(N)=C(C#N)[C@H](c2ccc(OCc3ccc(Cl)c(Cl)c3)c(OC)c2)C2=C1CC(C)(C)CC2=O. The van der Waals surface area contributed by atoms with Crippen LogP contribution >= 0.6 is 23.2 Å². The summed E-state index contributed by atoms with van der Waals surface area (Å²) in [6.45, 7) is 5.26. The standard InChI is InChI=1S/C29H31Cl2N3O4/c1-29(2)13-22-27(23(35)14-29)26(19(15-32)28(33)34(22)9-10-36-3)18-6-8-24(25(12-18)37-4)38-16-17-5-7-20(30)21(31)11-17/h5-8,11-12,26H,9-10,13-14,16,33H2,1-4H3/t26-/m0/s1. The van der Waals surface area contributed by atoms with Crippen LogP contribution in [-0.4, -0.2) is 38.1 Å². The van der Waals surface area contributed by atoms with Crippen molar-refractivity contribution in [3.05, 3.63) is 80.2 Å². The van der Waals surface area contributed by atoms with Crippen molar-refractivity contribution < 1.29 is 19.0 Å². The van der Waals surface area contributed by atoms with Crippen LogP contribution in [0.15, 0.2) is 59.1 Å². The Morgan fingerprint density at radius 3 is 2.53 bits per heavy atom. The van der Waals surface area contributed by atoms with Crippen LogP contribution in [0.3, 0.4) is 0 Å². The summed E-state index contributed by atoms with van der Waals surface area (Å²) in [5.74, 6) is 0.752. The number of ketones is 1. The number of Topliss-reactive ketones (excluding diaryl/α,β-unsaturated/α-hetero) is 1. The predicted octanol–water partition coefficient (Wildman–Crippen LogP) is 5.96. The largest absolute Gasteiger partial charge is 0.493 e. The second-order valence-corrected chi connectivity index (χ2v) is 11.1. The number of carbonyl (C=O) groups is 1. The number of carbonyl (C=O) groups excluding carboxylic acids is 1. The van der Waals surface area contributed by atoms with Crippen LogP contribution in [-0.2, 0) is 16.1 Å². The summed E-state index contributed by atoms with van der Waals surface area (Å²) >= 11 is 12.1. The highest BCUT2D eigenvalue weighted by atomic mass is 35.5. The average molecular weight is 556 g/mol. The Labute approximate surface area is 233 Å². The molecule has 1 atom stereocenters. The van der Waals surface area contributed by atoms with Crippen molar-refractivity contribution in [3.8, 4) is 17.6 Å². The van der Waals surface area contributed by atoms with E-state index in [-0.39, 0.29) is 17.8 Å². The summed E-state index contributed by atoms with van der Waals surface area (Å²) in [5.41, 5.74) is 9.73. The number of ether oxygens (including phenoxy) is 3. The molecule has 0 saturated heterocycles.